The number of ether oxygens (including phenoxy) is 1. The van der Waals surface area contributed by atoms with Crippen molar-refractivity contribution in [2.75, 3.05) is 11.9 Å². The van der Waals surface area contributed by atoms with E-state index < -0.39 is 0 Å². The van der Waals surface area contributed by atoms with Crippen LogP contribution in [0.3, 0.4) is 0 Å². The van der Waals surface area contributed by atoms with E-state index in [4.69, 9.17) is 9.73 Å². The van der Waals surface area contributed by atoms with Gasteiger partial charge in [0.15, 0.2) is 0 Å². The molecule has 0 spiro atoms. The van der Waals surface area contributed by atoms with Crippen LogP contribution in [0.25, 0.3) is 0 Å². The Labute approximate surface area is 194 Å². The Morgan fingerprint density at radius 1 is 1.03 bits per heavy atom. The van der Waals surface area contributed by atoms with E-state index in [1.165, 1.54) is 29.7 Å². The van der Waals surface area contributed by atoms with Crippen molar-refractivity contribution in [3.63, 3.8) is 0 Å². The van der Waals surface area contributed by atoms with E-state index in [1.807, 2.05) is 60.8 Å². The molecule has 0 saturated heterocycles. The predicted octanol–water partition coefficient (Wildman–Crippen LogP) is 7.20. The third-order valence-corrected chi connectivity index (χ3v) is 6.81. The first-order valence-corrected chi connectivity index (χ1v) is 12.3. The first-order valence-electron chi connectivity index (χ1n) is 11.5. The molecule has 1 aliphatic rings. The van der Waals surface area contributed by atoms with Crippen molar-refractivity contribution in [1.82, 2.24) is 0 Å². The van der Waals surface area contributed by atoms with Crippen LogP contribution >= 0.6 is 11.3 Å². The second kappa shape index (κ2) is 11.1. The van der Waals surface area contributed by atoms with Crippen molar-refractivity contribution in [2.24, 2.45) is 4.99 Å². The third kappa shape index (κ3) is 5.46. The Hall–Kier alpha value is -2.92. The molecule has 1 N–H and O–H groups in total. The molecule has 1 amide bonds. The number of carbonyl (C=O) groups is 1. The number of anilines is 1. The Kier molecular flexibility index (Phi) is 7.73. The van der Waals surface area contributed by atoms with Gasteiger partial charge in [0.1, 0.15) is 10.8 Å². The number of nitrogens with one attached hydrogen (secondary N) is 1. The topological polar surface area (TPSA) is 50.7 Å². The summed E-state index contributed by atoms with van der Waals surface area (Å²) < 4.78 is 5.88. The number of nitrogens with zero attached hydrogens (tertiary/aromatic N) is 1. The quantitative estimate of drug-likeness (QED) is 0.390. The normalized spacial score (nSPS) is 13.9. The Morgan fingerprint density at radius 3 is 2.59 bits per heavy atom. The van der Waals surface area contributed by atoms with Gasteiger partial charge in [-0.3, -0.25) is 4.79 Å². The monoisotopic (exact) mass is 446 g/mol. The predicted molar refractivity (Wildman–Crippen MR) is 134 cm³/mol. The van der Waals surface area contributed by atoms with E-state index >= 15 is 0 Å². The molecule has 1 aliphatic carbocycles. The van der Waals surface area contributed by atoms with E-state index in [9.17, 15) is 4.79 Å². The molecule has 0 saturated carbocycles. The Bertz CT molecular complexity index is 1070. The zero-order valence-corrected chi connectivity index (χ0v) is 19.4. The van der Waals surface area contributed by atoms with Crippen LogP contribution in [0.5, 0.6) is 5.75 Å². The van der Waals surface area contributed by atoms with Crippen LogP contribution in [0.1, 0.15) is 65.4 Å². The van der Waals surface area contributed by atoms with Crippen LogP contribution in [-0.2, 0) is 12.8 Å². The Morgan fingerprint density at radius 2 is 1.78 bits per heavy atom. The number of thiophene rings is 1. The van der Waals surface area contributed by atoms with E-state index in [0.29, 0.717) is 6.61 Å². The molecule has 0 radical (unpaired) electrons. The maximum Gasteiger partial charge on any atom is 0.259 e. The molecule has 0 unspecified atom stereocenters. The molecule has 0 atom stereocenters. The minimum atomic E-state index is -0.0723. The number of amides is 1. The van der Waals surface area contributed by atoms with Crippen molar-refractivity contribution < 1.29 is 9.53 Å². The summed E-state index contributed by atoms with van der Waals surface area (Å²) in [6.07, 6.45) is 9.51. The number of rotatable bonds is 7. The van der Waals surface area contributed by atoms with Gasteiger partial charge in [0, 0.05) is 22.3 Å². The minimum absolute atomic E-state index is 0.0723. The molecule has 32 heavy (non-hydrogen) atoms. The van der Waals surface area contributed by atoms with Gasteiger partial charge in [-0.25, -0.2) is 4.99 Å². The Balaban J connectivity index is 1.69. The summed E-state index contributed by atoms with van der Waals surface area (Å²) in [6, 6.07) is 17.6. The lowest BCUT2D eigenvalue weighted by Gasteiger charge is -2.12. The maximum absolute atomic E-state index is 13.4. The summed E-state index contributed by atoms with van der Waals surface area (Å²) in [5.74, 6) is 0.750. The molecule has 0 aliphatic heterocycles. The van der Waals surface area contributed by atoms with Gasteiger partial charge in [0.25, 0.3) is 5.91 Å². The standard InChI is InChI=1S/C27H30N2O2S/c1-2-18-31-23-16-11-10-12-20(23)19-28-27-25(26(30)29-21-13-6-5-7-14-21)22-15-8-3-4-9-17-24(22)32-27/h5-7,10-14,16,19H,2-4,8-9,15,17-18H2,1H3,(H,29,30). The molecule has 4 nitrogen and oxygen atoms in total. The van der Waals surface area contributed by atoms with Crippen molar-refractivity contribution in [2.45, 2.75) is 51.9 Å². The number of fused-ring (bicyclic) bond motifs is 1. The molecule has 1 aromatic heterocycles. The van der Waals surface area contributed by atoms with E-state index in [1.54, 1.807) is 11.3 Å². The molecule has 1 heterocycles. The number of para-hydroxylation sites is 2. The molecule has 2 aromatic carbocycles. The highest BCUT2D eigenvalue weighted by Crippen LogP contribution is 2.39. The van der Waals surface area contributed by atoms with Gasteiger partial charge in [-0.05, 0) is 61.9 Å². The number of hydrogen-bond donors (Lipinski definition) is 1. The average Bonchev–Trinajstić information content (AvgIpc) is 3.13. The van der Waals surface area contributed by atoms with E-state index in [0.717, 1.165) is 53.2 Å². The molecule has 3 aromatic rings. The number of aliphatic imine (C=N–C) groups is 1. The number of carbonyl (C=O) groups excluding carboxylic acids is 1. The molecular formula is C27H30N2O2S. The second-order valence-electron chi connectivity index (χ2n) is 8.06. The lowest BCUT2D eigenvalue weighted by atomic mass is 9.96. The van der Waals surface area contributed by atoms with Gasteiger partial charge in [-0.2, -0.15) is 0 Å². The van der Waals surface area contributed by atoms with E-state index in [2.05, 4.69) is 12.2 Å². The van der Waals surface area contributed by atoms with Gasteiger partial charge < -0.3 is 10.1 Å². The molecule has 166 valence electrons. The van der Waals surface area contributed by atoms with Crippen LogP contribution in [-0.4, -0.2) is 18.7 Å². The summed E-state index contributed by atoms with van der Waals surface area (Å²) >= 11 is 1.67. The molecule has 5 heteroatoms. The fraction of sp³-hybridized carbons (Fsp3) is 0.333. The smallest absolute Gasteiger partial charge is 0.259 e. The van der Waals surface area contributed by atoms with Gasteiger partial charge in [-0.1, -0.05) is 50.1 Å². The number of hydrogen-bond acceptors (Lipinski definition) is 4. The molecule has 0 bridgehead atoms. The largest absolute Gasteiger partial charge is 0.493 e. The second-order valence-corrected chi connectivity index (χ2v) is 9.15. The highest BCUT2D eigenvalue weighted by atomic mass is 32.1. The minimum Gasteiger partial charge on any atom is -0.493 e. The van der Waals surface area contributed by atoms with E-state index in [-0.39, 0.29) is 5.91 Å². The van der Waals surface area contributed by atoms with Crippen molar-refractivity contribution in [1.29, 1.82) is 0 Å². The van der Waals surface area contributed by atoms with Gasteiger partial charge in [-0.15, -0.1) is 11.3 Å². The van der Waals surface area contributed by atoms with Gasteiger partial charge >= 0.3 is 0 Å². The fourth-order valence-corrected chi connectivity index (χ4v) is 5.23. The average molecular weight is 447 g/mol. The van der Waals surface area contributed by atoms with Gasteiger partial charge in [0.2, 0.25) is 0 Å². The van der Waals surface area contributed by atoms with Crippen LogP contribution in [0.15, 0.2) is 59.6 Å². The molecule has 0 fully saturated rings. The van der Waals surface area contributed by atoms with Crippen molar-refractivity contribution in [3.05, 3.63) is 76.2 Å². The van der Waals surface area contributed by atoms with Crippen molar-refractivity contribution in [3.8, 4) is 5.75 Å². The van der Waals surface area contributed by atoms with Crippen LogP contribution in [0.4, 0.5) is 10.7 Å². The number of benzene rings is 2. The lowest BCUT2D eigenvalue weighted by molar-refractivity contribution is 0.102. The first kappa shape index (κ1) is 22.3. The SMILES string of the molecule is CCCOc1ccccc1C=Nc1sc2c(c1C(=O)Nc1ccccc1)CCCCCC2. The van der Waals surface area contributed by atoms with Crippen LogP contribution in [0, 0.1) is 0 Å². The summed E-state index contributed by atoms with van der Waals surface area (Å²) in [6.45, 7) is 2.76. The number of aryl methyl sites for hydroxylation is 1. The van der Waals surface area contributed by atoms with Crippen molar-refractivity contribution >= 4 is 34.1 Å². The maximum atomic E-state index is 13.4. The zero-order valence-electron chi connectivity index (χ0n) is 18.6. The molecule has 4 rings (SSSR count). The summed E-state index contributed by atoms with van der Waals surface area (Å²) in [4.78, 5) is 19.5. The summed E-state index contributed by atoms with van der Waals surface area (Å²) in [7, 11) is 0. The fourth-order valence-electron chi connectivity index (χ4n) is 4.00. The van der Waals surface area contributed by atoms with Crippen LogP contribution in [0.2, 0.25) is 0 Å². The lowest BCUT2D eigenvalue weighted by Crippen LogP contribution is -2.14. The zero-order chi connectivity index (χ0) is 22.2. The summed E-state index contributed by atoms with van der Waals surface area (Å²) in [5, 5.41) is 3.87. The van der Waals surface area contributed by atoms with Crippen LogP contribution < -0.4 is 10.1 Å². The highest BCUT2D eigenvalue weighted by Gasteiger charge is 2.24. The summed E-state index contributed by atoms with van der Waals surface area (Å²) in [5.41, 5.74) is 3.65. The van der Waals surface area contributed by atoms with Gasteiger partial charge in [0.05, 0.1) is 12.2 Å². The third-order valence-electron chi connectivity index (χ3n) is 5.61. The highest BCUT2D eigenvalue weighted by molar-refractivity contribution is 7.16. The first-order chi connectivity index (χ1) is 15.8. The molecular weight excluding hydrogens is 416 g/mol.